The molecule has 0 aliphatic heterocycles. The number of para-hydroxylation sites is 1. The summed E-state index contributed by atoms with van der Waals surface area (Å²) in [6.45, 7) is 1.72. The summed E-state index contributed by atoms with van der Waals surface area (Å²) in [7, 11) is 0. The van der Waals surface area contributed by atoms with Crippen LogP contribution >= 0.6 is 23.1 Å². The molecular formula is C21H17N3O4S2. The van der Waals surface area contributed by atoms with Crippen LogP contribution in [0.25, 0.3) is 10.2 Å². The predicted molar refractivity (Wildman–Crippen MR) is 115 cm³/mol. The lowest BCUT2D eigenvalue weighted by Crippen LogP contribution is -2.26. The molecule has 2 aromatic carbocycles. The summed E-state index contributed by atoms with van der Waals surface area (Å²) in [6, 6.07) is 18.2. The minimum atomic E-state index is -1.10. The second-order valence-corrected chi connectivity index (χ2v) is 8.58. The first kappa shape index (κ1) is 20.1. The second kappa shape index (κ2) is 9.10. The predicted octanol–water partition coefficient (Wildman–Crippen LogP) is 4.61. The Morgan fingerprint density at radius 1 is 1.17 bits per heavy atom. The van der Waals surface area contributed by atoms with Gasteiger partial charge in [-0.25, -0.2) is 4.98 Å². The molecule has 1 unspecified atom stereocenters. The van der Waals surface area contributed by atoms with Gasteiger partial charge in [0.15, 0.2) is 10.2 Å². The van der Waals surface area contributed by atoms with E-state index in [1.54, 1.807) is 37.3 Å². The first-order valence-electron chi connectivity index (χ1n) is 9.05. The van der Waals surface area contributed by atoms with Gasteiger partial charge in [-0.05, 0) is 19.1 Å². The SMILES string of the molecule is Cc1cc(NC(=O)C(OC(=O)CSc2nc3ccccc3s2)c2ccccc2)no1. The van der Waals surface area contributed by atoms with Crippen molar-refractivity contribution in [1.82, 2.24) is 10.1 Å². The van der Waals surface area contributed by atoms with Crippen LogP contribution in [0.5, 0.6) is 0 Å². The lowest BCUT2D eigenvalue weighted by atomic mass is 10.1. The Hall–Kier alpha value is -3.17. The Labute approximate surface area is 180 Å². The molecule has 0 saturated heterocycles. The topological polar surface area (TPSA) is 94.3 Å². The van der Waals surface area contributed by atoms with E-state index in [2.05, 4.69) is 15.5 Å². The molecule has 0 aliphatic rings. The van der Waals surface area contributed by atoms with Crippen LogP contribution in [0.2, 0.25) is 0 Å². The largest absolute Gasteiger partial charge is 0.447 e. The Morgan fingerprint density at radius 2 is 1.93 bits per heavy atom. The number of hydrogen-bond acceptors (Lipinski definition) is 8. The molecule has 1 amide bonds. The summed E-state index contributed by atoms with van der Waals surface area (Å²) in [5.41, 5.74) is 1.45. The maximum Gasteiger partial charge on any atom is 0.317 e. The molecule has 4 aromatic rings. The van der Waals surface area contributed by atoms with E-state index in [1.807, 2.05) is 30.3 Å². The third kappa shape index (κ3) is 4.87. The number of esters is 1. The molecule has 152 valence electrons. The first-order chi connectivity index (χ1) is 14.6. The van der Waals surface area contributed by atoms with Crippen LogP contribution < -0.4 is 5.32 Å². The molecule has 0 radical (unpaired) electrons. The monoisotopic (exact) mass is 439 g/mol. The minimum Gasteiger partial charge on any atom is -0.447 e. The van der Waals surface area contributed by atoms with Gasteiger partial charge in [0, 0.05) is 11.6 Å². The lowest BCUT2D eigenvalue weighted by Gasteiger charge is -2.17. The number of fused-ring (bicyclic) bond motifs is 1. The van der Waals surface area contributed by atoms with Crippen molar-refractivity contribution >= 4 is 51.0 Å². The second-order valence-electron chi connectivity index (χ2n) is 6.33. The van der Waals surface area contributed by atoms with Crippen molar-refractivity contribution < 1.29 is 18.8 Å². The quantitative estimate of drug-likeness (QED) is 0.332. The molecule has 0 saturated carbocycles. The maximum absolute atomic E-state index is 12.8. The molecule has 0 fully saturated rings. The number of nitrogens with zero attached hydrogens (tertiary/aromatic N) is 2. The number of aryl methyl sites for hydroxylation is 1. The van der Waals surface area contributed by atoms with E-state index in [1.165, 1.54) is 23.1 Å². The van der Waals surface area contributed by atoms with Gasteiger partial charge in [0.1, 0.15) is 5.76 Å². The maximum atomic E-state index is 12.8. The first-order valence-corrected chi connectivity index (χ1v) is 10.9. The number of thiazole rings is 1. The number of carbonyl (C=O) groups excluding carboxylic acids is 2. The molecule has 4 rings (SSSR count). The van der Waals surface area contributed by atoms with Crippen LogP contribution in [0.15, 0.2) is 69.5 Å². The molecule has 0 spiro atoms. The van der Waals surface area contributed by atoms with Gasteiger partial charge in [0.2, 0.25) is 6.10 Å². The summed E-state index contributed by atoms with van der Waals surface area (Å²) in [4.78, 5) is 29.7. The van der Waals surface area contributed by atoms with Crippen molar-refractivity contribution in [2.75, 3.05) is 11.1 Å². The summed E-state index contributed by atoms with van der Waals surface area (Å²) < 4.78 is 12.3. The van der Waals surface area contributed by atoms with E-state index in [0.717, 1.165) is 14.6 Å². The number of amides is 1. The fourth-order valence-corrected chi connectivity index (χ4v) is 4.57. The fraction of sp³-hybridized carbons (Fsp3) is 0.143. The van der Waals surface area contributed by atoms with Gasteiger partial charge in [-0.2, -0.15) is 0 Å². The lowest BCUT2D eigenvalue weighted by molar-refractivity contribution is -0.152. The summed E-state index contributed by atoms with van der Waals surface area (Å²) >= 11 is 2.80. The third-order valence-electron chi connectivity index (χ3n) is 4.06. The van der Waals surface area contributed by atoms with Gasteiger partial charge in [0.25, 0.3) is 5.91 Å². The van der Waals surface area contributed by atoms with E-state index in [0.29, 0.717) is 11.3 Å². The number of carbonyl (C=O) groups is 2. The number of aromatic nitrogens is 2. The normalized spacial score (nSPS) is 11.9. The fourth-order valence-electron chi connectivity index (χ4n) is 2.72. The number of anilines is 1. The van der Waals surface area contributed by atoms with Gasteiger partial charge in [-0.3, -0.25) is 9.59 Å². The number of ether oxygens (including phenoxy) is 1. The highest BCUT2D eigenvalue weighted by atomic mass is 32.2. The highest BCUT2D eigenvalue weighted by molar-refractivity contribution is 8.01. The van der Waals surface area contributed by atoms with E-state index in [9.17, 15) is 9.59 Å². The van der Waals surface area contributed by atoms with Crippen LogP contribution in [-0.2, 0) is 14.3 Å². The molecule has 2 heterocycles. The number of hydrogen-bond donors (Lipinski definition) is 1. The minimum absolute atomic E-state index is 0.0412. The number of thioether (sulfide) groups is 1. The van der Waals surface area contributed by atoms with E-state index in [-0.39, 0.29) is 11.6 Å². The zero-order valence-electron chi connectivity index (χ0n) is 15.9. The van der Waals surface area contributed by atoms with Gasteiger partial charge < -0.3 is 14.6 Å². The Bertz CT molecular complexity index is 1140. The van der Waals surface area contributed by atoms with Crippen molar-refractivity contribution in [3.8, 4) is 0 Å². The average Bonchev–Trinajstić information content (AvgIpc) is 3.36. The number of nitrogens with one attached hydrogen (secondary N) is 1. The third-order valence-corrected chi connectivity index (χ3v) is 6.21. The van der Waals surface area contributed by atoms with Crippen LogP contribution in [0.1, 0.15) is 17.4 Å². The highest BCUT2D eigenvalue weighted by Crippen LogP contribution is 2.30. The van der Waals surface area contributed by atoms with Crippen molar-refractivity contribution in [3.05, 3.63) is 72.0 Å². The summed E-state index contributed by atoms with van der Waals surface area (Å²) in [6.07, 6.45) is -1.10. The Balaban J connectivity index is 1.43. The molecule has 30 heavy (non-hydrogen) atoms. The number of rotatable bonds is 7. The van der Waals surface area contributed by atoms with Gasteiger partial charge in [-0.15, -0.1) is 11.3 Å². The van der Waals surface area contributed by atoms with Crippen molar-refractivity contribution in [1.29, 1.82) is 0 Å². The van der Waals surface area contributed by atoms with Crippen LogP contribution in [0, 0.1) is 6.92 Å². The molecule has 0 bridgehead atoms. The van der Waals surface area contributed by atoms with Gasteiger partial charge in [0.05, 0.1) is 16.0 Å². The van der Waals surface area contributed by atoms with Crippen molar-refractivity contribution in [2.24, 2.45) is 0 Å². The Kier molecular flexibility index (Phi) is 6.10. The molecule has 0 aliphatic carbocycles. The summed E-state index contributed by atoms with van der Waals surface area (Å²) in [5.74, 6) is -0.156. The molecule has 2 aromatic heterocycles. The van der Waals surface area contributed by atoms with Crippen LogP contribution in [0.4, 0.5) is 5.82 Å². The molecular weight excluding hydrogens is 422 g/mol. The smallest absolute Gasteiger partial charge is 0.317 e. The number of benzene rings is 2. The van der Waals surface area contributed by atoms with Gasteiger partial charge >= 0.3 is 5.97 Å². The van der Waals surface area contributed by atoms with Gasteiger partial charge in [-0.1, -0.05) is 59.4 Å². The van der Waals surface area contributed by atoms with E-state index in [4.69, 9.17) is 9.26 Å². The zero-order chi connectivity index (χ0) is 20.9. The summed E-state index contributed by atoms with van der Waals surface area (Å²) in [5, 5.41) is 6.37. The molecule has 1 N–H and O–H groups in total. The zero-order valence-corrected chi connectivity index (χ0v) is 17.5. The Morgan fingerprint density at radius 3 is 2.67 bits per heavy atom. The molecule has 9 heteroatoms. The molecule has 7 nitrogen and oxygen atoms in total. The highest BCUT2D eigenvalue weighted by Gasteiger charge is 2.26. The van der Waals surface area contributed by atoms with E-state index < -0.39 is 18.0 Å². The van der Waals surface area contributed by atoms with Crippen molar-refractivity contribution in [2.45, 2.75) is 17.4 Å². The van der Waals surface area contributed by atoms with Crippen LogP contribution in [0.3, 0.4) is 0 Å². The van der Waals surface area contributed by atoms with Crippen LogP contribution in [-0.4, -0.2) is 27.8 Å². The average molecular weight is 440 g/mol. The van der Waals surface area contributed by atoms with E-state index >= 15 is 0 Å². The molecule has 1 atom stereocenters. The standard InChI is InChI=1S/C21H17N3O4S2/c1-13-11-17(24-28-13)23-20(26)19(14-7-3-2-4-8-14)27-18(25)12-29-21-22-15-9-5-6-10-16(15)30-21/h2-11,19H,12H2,1H3,(H,23,24,26). The van der Waals surface area contributed by atoms with Crippen molar-refractivity contribution in [3.63, 3.8) is 0 Å².